The zero-order chi connectivity index (χ0) is 16.7. The highest BCUT2D eigenvalue weighted by molar-refractivity contribution is 6.35. The van der Waals surface area contributed by atoms with E-state index in [9.17, 15) is 14.7 Å². The lowest BCUT2D eigenvalue weighted by molar-refractivity contribution is -0.139. The largest absolute Gasteiger partial charge is 0.504 e. The van der Waals surface area contributed by atoms with Gasteiger partial charge in [0, 0.05) is 6.04 Å². The van der Waals surface area contributed by atoms with Crippen LogP contribution in [0.5, 0.6) is 11.5 Å². The number of phenolic OH excluding ortho intramolecular Hbond substituents is 1. The summed E-state index contributed by atoms with van der Waals surface area (Å²) >= 11 is 0. The number of nitrogens with zero attached hydrogens (tertiary/aromatic N) is 1. The fourth-order valence-corrected chi connectivity index (χ4v) is 2.49. The summed E-state index contributed by atoms with van der Waals surface area (Å²) in [5.74, 6) is -1.15. The Bertz CT molecular complexity index is 595. The second-order valence-electron chi connectivity index (χ2n) is 5.44. The Morgan fingerprint density at radius 3 is 2.70 bits per heavy atom. The Hall–Kier alpha value is -2.57. The van der Waals surface area contributed by atoms with Gasteiger partial charge in [-0.2, -0.15) is 5.10 Å². The number of benzene rings is 1. The number of carbonyl (C=O) groups is 2. The Labute approximate surface area is 134 Å². The van der Waals surface area contributed by atoms with Crippen LogP contribution in [0.3, 0.4) is 0 Å². The lowest BCUT2D eigenvalue weighted by Crippen LogP contribution is -2.44. The monoisotopic (exact) mass is 319 g/mol. The van der Waals surface area contributed by atoms with Crippen molar-refractivity contribution in [3.63, 3.8) is 0 Å². The van der Waals surface area contributed by atoms with E-state index >= 15 is 0 Å². The lowest BCUT2D eigenvalue weighted by atomic mass is 9.95. The van der Waals surface area contributed by atoms with Crippen molar-refractivity contribution in [2.45, 2.75) is 38.1 Å². The first-order valence-electron chi connectivity index (χ1n) is 7.61. The van der Waals surface area contributed by atoms with Crippen molar-refractivity contribution < 1.29 is 19.4 Å². The molecule has 0 unspecified atom stereocenters. The minimum atomic E-state index is -0.794. The van der Waals surface area contributed by atoms with E-state index in [0.29, 0.717) is 11.3 Å². The molecule has 0 aliphatic heterocycles. The number of rotatable bonds is 4. The van der Waals surface area contributed by atoms with Crippen LogP contribution in [0.2, 0.25) is 0 Å². The molecule has 0 aromatic heterocycles. The molecular formula is C16H21N3O4. The Morgan fingerprint density at radius 1 is 1.26 bits per heavy atom. The molecule has 1 saturated carbocycles. The molecular weight excluding hydrogens is 298 g/mol. The lowest BCUT2D eigenvalue weighted by Gasteiger charge is -2.22. The van der Waals surface area contributed by atoms with Crippen molar-refractivity contribution in [2.75, 3.05) is 7.11 Å². The van der Waals surface area contributed by atoms with Gasteiger partial charge in [0.25, 0.3) is 0 Å². The predicted molar refractivity (Wildman–Crippen MR) is 85.4 cm³/mol. The summed E-state index contributed by atoms with van der Waals surface area (Å²) in [4.78, 5) is 23.4. The minimum absolute atomic E-state index is 0.0144. The third kappa shape index (κ3) is 4.98. The normalized spacial score (nSPS) is 15.3. The molecule has 7 nitrogen and oxygen atoms in total. The summed E-state index contributed by atoms with van der Waals surface area (Å²) in [7, 11) is 1.44. The molecule has 0 bridgehead atoms. The molecule has 2 amide bonds. The summed E-state index contributed by atoms with van der Waals surface area (Å²) in [6.45, 7) is 0. The van der Waals surface area contributed by atoms with Gasteiger partial charge in [0.15, 0.2) is 11.5 Å². The number of phenols is 1. The molecule has 0 radical (unpaired) electrons. The molecule has 124 valence electrons. The highest BCUT2D eigenvalue weighted by Gasteiger charge is 2.19. The Kier molecular flexibility index (Phi) is 5.96. The molecule has 0 saturated heterocycles. The highest BCUT2D eigenvalue weighted by Crippen LogP contribution is 2.25. The maximum Gasteiger partial charge on any atom is 0.329 e. The van der Waals surface area contributed by atoms with Gasteiger partial charge in [-0.3, -0.25) is 9.59 Å². The highest BCUT2D eigenvalue weighted by atomic mass is 16.5. The first-order valence-corrected chi connectivity index (χ1v) is 7.61. The molecule has 1 aromatic rings. The van der Waals surface area contributed by atoms with Crippen molar-refractivity contribution in [3.05, 3.63) is 23.8 Å². The summed E-state index contributed by atoms with van der Waals surface area (Å²) in [6, 6.07) is 4.70. The van der Waals surface area contributed by atoms with Gasteiger partial charge in [0.2, 0.25) is 0 Å². The van der Waals surface area contributed by atoms with Gasteiger partial charge in [-0.1, -0.05) is 19.3 Å². The average Bonchev–Trinajstić information content (AvgIpc) is 2.57. The number of hydrogen-bond acceptors (Lipinski definition) is 5. The van der Waals surface area contributed by atoms with Gasteiger partial charge in [-0.25, -0.2) is 5.43 Å². The molecule has 23 heavy (non-hydrogen) atoms. The Balaban J connectivity index is 1.84. The van der Waals surface area contributed by atoms with Crippen molar-refractivity contribution in [1.29, 1.82) is 0 Å². The van der Waals surface area contributed by atoms with E-state index in [-0.39, 0.29) is 11.8 Å². The number of ether oxygens (including phenoxy) is 1. The first-order chi connectivity index (χ1) is 11.1. The number of amides is 2. The molecule has 1 aliphatic rings. The second-order valence-corrected chi connectivity index (χ2v) is 5.44. The van der Waals surface area contributed by atoms with Crippen LogP contribution >= 0.6 is 0 Å². The van der Waals surface area contributed by atoms with Crippen molar-refractivity contribution in [3.8, 4) is 11.5 Å². The topological polar surface area (TPSA) is 100 Å². The number of methoxy groups -OCH3 is 1. The third-order valence-corrected chi connectivity index (χ3v) is 3.73. The van der Waals surface area contributed by atoms with Gasteiger partial charge >= 0.3 is 11.8 Å². The summed E-state index contributed by atoms with van der Waals surface area (Å²) < 4.78 is 4.97. The van der Waals surface area contributed by atoms with Gasteiger partial charge < -0.3 is 15.2 Å². The number of carbonyl (C=O) groups excluding carboxylic acids is 2. The third-order valence-electron chi connectivity index (χ3n) is 3.73. The molecule has 0 atom stereocenters. The van der Waals surface area contributed by atoms with Gasteiger partial charge in [0.1, 0.15) is 0 Å². The second kappa shape index (κ2) is 8.17. The number of hydrogen-bond donors (Lipinski definition) is 3. The van der Waals surface area contributed by atoms with Crippen LogP contribution in [0.25, 0.3) is 0 Å². The molecule has 0 spiro atoms. The quantitative estimate of drug-likeness (QED) is 0.442. The molecule has 1 aromatic carbocycles. The molecule has 1 fully saturated rings. The van der Waals surface area contributed by atoms with E-state index in [0.717, 1.165) is 25.7 Å². The number of nitrogens with one attached hydrogen (secondary N) is 2. The maximum absolute atomic E-state index is 11.7. The zero-order valence-electron chi connectivity index (χ0n) is 13.0. The van der Waals surface area contributed by atoms with Crippen molar-refractivity contribution >= 4 is 18.0 Å². The predicted octanol–water partition coefficient (Wildman–Crippen LogP) is 1.30. The fraction of sp³-hybridized carbons (Fsp3) is 0.438. The fourth-order valence-electron chi connectivity index (χ4n) is 2.49. The number of hydrazone groups is 1. The van der Waals surface area contributed by atoms with Crippen LogP contribution in [-0.4, -0.2) is 36.3 Å². The smallest absolute Gasteiger partial charge is 0.329 e. The van der Waals surface area contributed by atoms with Gasteiger partial charge in [0.05, 0.1) is 13.3 Å². The minimum Gasteiger partial charge on any atom is -0.504 e. The average molecular weight is 319 g/mol. The van der Waals surface area contributed by atoms with Gasteiger partial charge in [-0.15, -0.1) is 0 Å². The zero-order valence-corrected chi connectivity index (χ0v) is 13.0. The maximum atomic E-state index is 11.7. The van der Waals surface area contributed by atoms with Crippen LogP contribution in [0.15, 0.2) is 23.3 Å². The van der Waals surface area contributed by atoms with Gasteiger partial charge in [-0.05, 0) is 36.6 Å². The van der Waals surface area contributed by atoms with E-state index in [1.54, 1.807) is 12.1 Å². The van der Waals surface area contributed by atoms with E-state index < -0.39 is 11.8 Å². The summed E-state index contributed by atoms with van der Waals surface area (Å²) in [5.41, 5.74) is 2.81. The summed E-state index contributed by atoms with van der Waals surface area (Å²) in [5, 5.41) is 15.9. The van der Waals surface area contributed by atoms with Crippen LogP contribution in [0, 0.1) is 0 Å². The van der Waals surface area contributed by atoms with Crippen LogP contribution in [0.4, 0.5) is 0 Å². The Morgan fingerprint density at radius 2 is 2.00 bits per heavy atom. The molecule has 2 rings (SSSR count). The standard InChI is InChI=1S/C16H21N3O4/c1-23-14-9-11(7-8-13(14)20)10-17-19-16(22)15(21)18-12-5-3-2-4-6-12/h7-10,12,20H,2-6H2,1H3,(H,18,21)(H,19,22)/b17-10-. The molecule has 0 heterocycles. The van der Waals surface area contributed by atoms with E-state index in [1.807, 2.05) is 0 Å². The molecule has 7 heteroatoms. The van der Waals surface area contributed by atoms with E-state index in [1.165, 1.54) is 25.8 Å². The summed E-state index contributed by atoms with van der Waals surface area (Å²) in [6.07, 6.45) is 6.53. The first kappa shape index (κ1) is 16.8. The van der Waals surface area contributed by atoms with Crippen molar-refractivity contribution in [1.82, 2.24) is 10.7 Å². The van der Waals surface area contributed by atoms with Crippen LogP contribution in [-0.2, 0) is 9.59 Å². The van der Waals surface area contributed by atoms with Crippen LogP contribution in [0.1, 0.15) is 37.7 Å². The molecule has 3 N–H and O–H groups in total. The van der Waals surface area contributed by atoms with E-state index in [2.05, 4.69) is 15.8 Å². The number of aromatic hydroxyl groups is 1. The van der Waals surface area contributed by atoms with E-state index in [4.69, 9.17) is 4.74 Å². The van der Waals surface area contributed by atoms with Crippen molar-refractivity contribution in [2.24, 2.45) is 5.10 Å². The van der Waals surface area contributed by atoms with Crippen LogP contribution < -0.4 is 15.5 Å². The SMILES string of the molecule is COc1cc(/C=N\NC(=O)C(=O)NC2CCCCC2)ccc1O. The molecule has 1 aliphatic carbocycles.